The number of nitro groups is 1. The van der Waals surface area contributed by atoms with E-state index in [0.717, 1.165) is 37.6 Å². The number of likely N-dealkylation sites (tertiary alicyclic amines) is 1. The quantitative estimate of drug-likeness (QED) is 0.475. The lowest BCUT2D eigenvalue weighted by molar-refractivity contribution is -0.384. The SMILES string of the molecule is O=C(CN1CCCCCC1=O)N/N=C/c1cc([N+](=O)[O-])ccc1O. The fourth-order valence-electron chi connectivity index (χ4n) is 2.35. The fraction of sp³-hybridized carbons (Fsp3) is 0.400. The van der Waals surface area contributed by atoms with Crippen LogP contribution in [0, 0.1) is 10.1 Å². The summed E-state index contributed by atoms with van der Waals surface area (Å²) >= 11 is 0. The van der Waals surface area contributed by atoms with Crippen LogP contribution in [0.2, 0.25) is 0 Å². The van der Waals surface area contributed by atoms with Crippen molar-refractivity contribution in [3.05, 3.63) is 33.9 Å². The summed E-state index contributed by atoms with van der Waals surface area (Å²) in [5.74, 6) is -0.712. The van der Waals surface area contributed by atoms with E-state index in [4.69, 9.17) is 0 Å². The van der Waals surface area contributed by atoms with E-state index in [1.165, 1.54) is 11.0 Å². The molecule has 1 fully saturated rings. The Hall–Kier alpha value is -2.97. The molecule has 0 aliphatic carbocycles. The molecule has 1 heterocycles. The van der Waals surface area contributed by atoms with Crippen molar-refractivity contribution in [2.75, 3.05) is 13.1 Å². The highest BCUT2D eigenvalue weighted by molar-refractivity contribution is 5.88. The largest absolute Gasteiger partial charge is 0.507 e. The summed E-state index contributed by atoms with van der Waals surface area (Å²) in [5.41, 5.74) is 2.16. The van der Waals surface area contributed by atoms with Gasteiger partial charge in [-0.15, -0.1) is 0 Å². The molecular weight excluding hydrogens is 316 g/mol. The maximum atomic E-state index is 11.8. The monoisotopic (exact) mass is 334 g/mol. The van der Waals surface area contributed by atoms with Gasteiger partial charge in [0.15, 0.2) is 0 Å². The average Bonchev–Trinajstić information content (AvgIpc) is 2.74. The van der Waals surface area contributed by atoms with Crippen molar-refractivity contribution in [1.82, 2.24) is 10.3 Å². The molecule has 9 heteroatoms. The highest BCUT2D eigenvalue weighted by Crippen LogP contribution is 2.21. The van der Waals surface area contributed by atoms with E-state index in [9.17, 15) is 24.8 Å². The molecule has 0 saturated carbocycles. The maximum absolute atomic E-state index is 11.8. The van der Waals surface area contributed by atoms with Crippen LogP contribution in [0.3, 0.4) is 0 Å². The predicted octanol–water partition coefficient (Wildman–Crippen LogP) is 1.15. The third-order valence-electron chi connectivity index (χ3n) is 3.62. The van der Waals surface area contributed by atoms with E-state index >= 15 is 0 Å². The molecule has 0 unspecified atom stereocenters. The number of hydrogen-bond acceptors (Lipinski definition) is 6. The number of amides is 2. The smallest absolute Gasteiger partial charge is 0.270 e. The average molecular weight is 334 g/mol. The van der Waals surface area contributed by atoms with Gasteiger partial charge in [0, 0.05) is 30.7 Å². The van der Waals surface area contributed by atoms with Crippen LogP contribution in [0.15, 0.2) is 23.3 Å². The third kappa shape index (κ3) is 4.77. The van der Waals surface area contributed by atoms with Crippen molar-refractivity contribution in [3.8, 4) is 5.75 Å². The van der Waals surface area contributed by atoms with Gasteiger partial charge in [-0.1, -0.05) is 6.42 Å². The van der Waals surface area contributed by atoms with Gasteiger partial charge in [0.05, 0.1) is 11.1 Å². The molecule has 0 atom stereocenters. The van der Waals surface area contributed by atoms with Crippen LogP contribution in [0.4, 0.5) is 5.69 Å². The lowest BCUT2D eigenvalue weighted by Crippen LogP contribution is -2.39. The summed E-state index contributed by atoms with van der Waals surface area (Å²) in [6, 6.07) is 3.48. The molecule has 0 radical (unpaired) electrons. The summed E-state index contributed by atoms with van der Waals surface area (Å²) in [5, 5.41) is 24.0. The number of benzene rings is 1. The van der Waals surface area contributed by atoms with Crippen molar-refractivity contribution >= 4 is 23.7 Å². The summed E-state index contributed by atoms with van der Waals surface area (Å²) in [6.07, 6.45) is 4.22. The highest BCUT2D eigenvalue weighted by Gasteiger charge is 2.18. The Morgan fingerprint density at radius 3 is 2.96 bits per heavy atom. The van der Waals surface area contributed by atoms with E-state index in [1.54, 1.807) is 0 Å². The van der Waals surface area contributed by atoms with E-state index in [0.29, 0.717) is 13.0 Å². The highest BCUT2D eigenvalue weighted by atomic mass is 16.6. The van der Waals surface area contributed by atoms with Gasteiger partial charge in [0.25, 0.3) is 11.6 Å². The van der Waals surface area contributed by atoms with Gasteiger partial charge in [0.2, 0.25) is 5.91 Å². The van der Waals surface area contributed by atoms with Gasteiger partial charge in [-0.05, 0) is 18.9 Å². The molecule has 1 aliphatic heterocycles. The zero-order valence-corrected chi connectivity index (χ0v) is 13.0. The summed E-state index contributed by atoms with van der Waals surface area (Å²) in [7, 11) is 0. The molecule has 1 aliphatic rings. The first kappa shape index (κ1) is 17.4. The van der Waals surface area contributed by atoms with E-state index in [2.05, 4.69) is 10.5 Å². The summed E-state index contributed by atoms with van der Waals surface area (Å²) in [6.45, 7) is 0.457. The maximum Gasteiger partial charge on any atom is 0.270 e. The number of carbonyl (C=O) groups is 2. The predicted molar refractivity (Wildman–Crippen MR) is 85.5 cm³/mol. The minimum atomic E-state index is -0.597. The Kier molecular flexibility index (Phi) is 5.83. The van der Waals surface area contributed by atoms with Gasteiger partial charge in [0.1, 0.15) is 12.3 Å². The van der Waals surface area contributed by atoms with Crippen molar-refractivity contribution in [3.63, 3.8) is 0 Å². The van der Waals surface area contributed by atoms with Gasteiger partial charge in [-0.3, -0.25) is 19.7 Å². The Morgan fingerprint density at radius 2 is 2.21 bits per heavy atom. The van der Waals surface area contributed by atoms with Gasteiger partial charge >= 0.3 is 0 Å². The van der Waals surface area contributed by atoms with Crippen LogP contribution in [-0.4, -0.2) is 46.0 Å². The third-order valence-corrected chi connectivity index (χ3v) is 3.62. The number of phenols is 1. The number of phenolic OH excluding ortho intramolecular Hbond substituents is 1. The minimum Gasteiger partial charge on any atom is -0.507 e. The number of hydrogen-bond donors (Lipinski definition) is 2. The van der Waals surface area contributed by atoms with Gasteiger partial charge in [-0.2, -0.15) is 5.10 Å². The lowest BCUT2D eigenvalue weighted by Gasteiger charge is -2.18. The van der Waals surface area contributed by atoms with Crippen LogP contribution >= 0.6 is 0 Å². The molecule has 1 aromatic carbocycles. The van der Waals surface area contributed by atoms with Crippen molar-refractivity contribution < 1.29 is 19.6 Å². The number of nitrogens with one attached hydrogen (secondary N) is 1. The number of rotatable bonds is 5. The van der Waals surface area contributed by atoms with Crippen LogP contribution in [0.25, 0.3) is 0 Å². The minimum absolute atomic E-state index is 0.0528. The Labute approximate surface area is 138 Å². The number of carbonyl (C=O) groups excluding carboxylic acids is 2. The fourth-order valence-corrected chi connectivity index (χ4v) is 2.35. The number of hydrazone groups is 1. The standard InChI is InChI=1S/C15H18N4O5/c20-13-6-5-12(19(23)24)8-11(13)9-16-17-14(21)10-18-7-3-1-2-4-15(18)22/h5-6,8-9,20H,1-4,7,10H2,(H,17,21)/b16-9+. The van der Waals surface area contributed by atoms with Gasteiger partial charge in [-0.25, -0.2) is 5.43 Å². The number of aromatic hydroxyl groups is 1. The molecule has 1 saturated heterocycles. The first-order valence-electron chi connectivity index (χ1n) is 7.54. The number of non-ortho nitro benzene ring substituents is 1. The molecule has 0 spiro atoms. The Balaban J connectivity index is 1.93. The first-order valence-corrected chi connectivity index (χ1v) is 7.54. The normalized spacial score (nSPS) is 15.3. The van der Waals surface area contributed by atoms with Crippen molar-refractivity contribution in [1.29, 1.82) is 0 Å². The second-order valence-corrected chi connectivity index (χ2v) is 5.42. The van der Waals surface area contributed by atoms with Gasteiger partial charge < -0.3 is 10.0 Å². The lowest BCUT2D eigenvalue weighted by atomic mass is 10.2. The number of nitrogens with zero attached hydrogens (tertiary/aromatic N) is 3. The molecule has 128 valence electrons. The molecule has 9 nitrogen and oxygen atoms in total. The molecule has 24 heavy (non-hydrogen) atoms. The molecule has 0 aromatic heterocycles. The van der Waals surface area contributed by atoms with Crippen LogP contribution in [0.1, 0.15) is 31.2 Å². The van der Waals surface area contributed by atoms with E-state index in [1.807, 2.05) is 0 Å². The van der Waals surface area contributed by atoms with Crippen LogP contribution in [0.5, 0.6) is 5.75 Å². The molecule has 2 amide bonds. The Bertz CT molecular complexity index is 674. The van der Waals surface area contributed by atoms with E-state index < -0.39 is 10.8 Å². The molecule has 0 bridgehead atoms. The summed E-state index contributed by atoms with van der Waals surface area (Å²) < 4.78 is 0. The molecule has 1 aromatic rings. The van der Waals surface area contributed by atoms with Crippen molar-refractivity contribution in [2.45, 2.75) is 25.7 Å². The van der Waals surface area contributed by atoms with Crippen LogP contribution in [-0.2, 0) is 9.59 Å². The molecular formula is C15H18N4O5. The zero-order chi connectivity index (χ0) is 17.5. The summed E-state index contributed by atoms with van der Waals surface area (Å²) in [4.78, 5) is 35.2. The second kappa shape index (κ2) is 8.04. The molecule has 2 rings (SSSR count). The zero-order valence-electron chi connectivity index (χ0n) is 13.0. The van der Waals surface area contributed by atoms with E-state index in [-0.39, 0.29) is 29.5 Å². The van der Waals surface area contributed by atoms with Crippen LogP contribution < -0.4 is 5.43 Å². The first-order chi connectivity index (χ1) is 11.5. The molecule has 2 N–H and O–H groups in total. The number of nitro benzene ring substituents is 1. The Morgan fingerprint density at radius 1 is 1.42 bits per heavy atom. The topological polar surface area (TPSA) is 125 Å². The second-order valence-electron chi connectivity index (χ2n) is 5.42. The van der Waals surface area contributed by atoms with Crippen molar-refractivity contribution in [2.24, 2.45) is 5.10 Å².